The Morgan fingerprint density at radius 3 is 1.67 bits per heavy atom. The van der Waals surface area contributed by atoms with Gasteiger partial charge in [-0.25, -0.2) is 17.6 Å². The Kier molecular flexibility index (Phi) is 9.33. The second-order valence-corrected chi connectivity index (χ2v) is 14.7. The molecule has 5 heterocycles. The summed E-state index contributed by atoms with van der Waals surface area (Å²) in [5.41, 5.74) is 13.0. The Hall–Kier alpha value is -5.06. The van der Waals surface area contributed by atoms with Gasteiger partial charge in [-0.3, -0.25) is 9.98 Å². The van der Waals surface area contributed by atoms with Gasteiger partial charge >= 0.3 is 0 Å². The van der Waals surface area contributed by atoms with Crippen LogP contribution in [0.1, 0.15) is 35.1 Å². The maximum Gasteiger partial charge on any atom is 0.251 e. The Labute approximate surface area is 321 Å². The maximum absolute atomic E-state index is 14.9. The summed E-state index contributed by atoms with van der Waals surface area (Å²) >= 11 is 3.46. The van der Waals surface area contributed by atoms with E-state index >= 15 is 0 Å². The van der Waals surface area contributed by atoms with Gasteiger partial charge in [-0.05, 0) is 48.5 Å². The van der Waals surface area contributed by atoms with Gasteiger partial charge < -0.3 is 44.8 Å². The molecule has 0 bridgehead atoms. The number of amidine groups is 2. The molecule has 5 aliphatic heterocycles. The molecule has 0 aromatic heterocycles. The zero-order chi connectivity index (χ0) is 38.7. The molecule has 4 N–H and O–H groups in total. The lowest BCUT2D eigenvalue weighted by Crippen LogP contribution is -2.43. The molecule has 0 saturated carbocycles. The van der Waals surface area contributed by atoms with Crippen molar-refractivity contribution in [2.75, 3.05) is 58.6 Å². The minimum absolute atomic E-state index is 0.0423. The molecule has 2 atom stereocenters. The first-order valence-electron chi connectivity index (χ1n) is 17.4. The van der Waals surface area contributed by atoms with Crippen molar-refractivity contribution in [3.63, 3.8) is 0 Å². The third-order valence-electron chi connectivity index (χ3n) is 10.3. The van der Waals surface area contributed by atoms with E-state index in [4.69, 9.17) is 44.9 Å². The molecular weight excluding hydrogens is 790 g/mol. The van der Waals surface area contributed by atoms with Gasteiger partial charge in [0.1, 0.15) is 59.0 Å². The molecular formula is C39H36BrF4N5O6. The van der Waals surface area contributed by atoms with Crippen molar-refractivity contribution in [3.8, 4) is 34.5 Å². The number of nitrogens with zero attached hydrogens (tertiary/aromatic N) is 3. The Morgan fingerprint density at radius 2 is 1.18 bits per heavy atom. The van der Waals surface area contributed by atoms with Crippen LogP contribution in [0.2, 0.25) is 0 Å². The molecule has 4 aromatic rings. The van der Waals surface area contributed by atoms with Gasteiger partial charge in [-0.1, -0.05) is 15.9 Å². The van der Waals surface area contributed by atoms with Crippen LogP contribution >= 0.6 is 15.9 Å². The topological polar surface area (TPSA) is 135 Å². The predicted octanol–water partition coefficient (Wildman–Crippen LogP) is 7.14. The smallest absolute Gasteiger partial charge is 0.251 e. The zero-order valence-corrected chi connectivity index (χ0v) is 31.4. The van der Waals surface area contributed by atoms with Crippen LogP contribution in [-0.2, 0) is 20.6 Å². The number of methoxy groups -OCH3 is 2. The van der Waals surface area contributed by atoms with E-state index in [0.29, 0.717) is 45.5 Å². The number of piperidine rings is 1. The third kappa shape index (κ3) is 6.49. The number of fused-ring (bicyclic) bond motifs is 8. The van der Waals surface area contributed by atoms with Crippen molar-refractivity contribution in [2.45, 2.75) is 29.8 Å². The van der Waals surface area contributed by atoms with Crippen molar-refractivity contribution < 1.29 is 46.0 Å². The summed E-state index contributed by atoms with van der Waals surface area (Å²) in [6.45, 7) is 1.25. The highest BCUT2D eigenvalue weighted by molar-refractivity contribution is 9.10. The largest absolute Gasteiger partial charge is 0.497 e. The fraction of sp³-hybridized carbons (Fsp3) is 0.333. The van der Waals surface area contributed by atoms with Crippen LogP contribution < -0.4 is 35.3 Å². The molecule has 0 unspecified atom stereocenters. The third-order valence-corrected chi connectivity index (χ3v) is 10.8. The number of nitrogens with two attached hydrogens (primary N) is 2. The van der Waals surface area contributed by atoms with Crippen molar-refractivity contribution >= 4 is 33.3 Å². The van der Waals surface area contributed by atoms with Crippen LogP contribution in [0.15, 0.2) is 75.1 Å². The lowest BCUT2D eigenvalue weighted by atomic mass is 9.80. The van der Waals surface area contributed by atoms with Crippen molar-refractivity contribution in [1.29, 1.82) is 0 Å². The highest BCUT2D eigenvalue weighted by Crippen LogP contribution is 2.54. The summed E-state index contributed by atoms with van der Waals surface area (Å²) in [4.78, 5) is 11.3. The molecule has 5 aliphatic rings. The molecule has 1 saturated heterocycles. The SMILES string of the molecule is COc1cc(F)c2c(c1)[C@]1(COCC(N)=N1)c1cc(Br)ccc1O2.COc1cc(F)c2c(c1)[C@]1(COCC(N)=N1)c1cc(N3CCC(F)(F)CC3)ccc1O2. The van der Waals surface area contributed by atoms with E-state index in [9.17, 15) is 17.6 Å². The van der Waals surface area contributed by atoms with E-state index in [-0.39, 0.29) is 69.7 Å². The van der Waals surface area contributed by atoms with Crippen molar-refractivity contribution in [1.82, 2.24) is 0 Å². The zero-order valence-electron chi connectivity index (χ0n) is 29.8. The van der Waals surface area contributed by atoms with Gasteiger partial charge in [-0.15, -0.1) is 0 Å². The van der Waals surface area contributed by atoms with E-state index in [1.54, 1.807) is 30.3 Å². The van der Waals surface area contributed by atoms with Gasteiger partial charge in [-0.2, -0.15) is 0 Å². The van der Waals surface area contributed by atoms with Crippen molar-refractivity contribution in [2.24, 2.45) is 21.5 Å². The highest BCUT2D eigenvalue weighted by atomic mass is 79.9. The minimum Gasteiger partial charge on any atom is -0.497 e. The molecule has 0 radical (unpaired) electrons. The number of alkyl halides is 2. The lowest BCUT2D eigenvalue weighted by molar-refractivity contribution is -0.0220. The van der Waals surface area contributed by atoms with Gasteiger partial charge in [0.25, 0.3) is 5.92 Å². The minimum atomic E-state index is -2.64. The predicted molar refractivity (Wildman–Crippen MR) is 199 cm³/mol. The number of halogens is 5. The van der Waals surface area contributed by atoms with E-state index in [0.717, 1.165) is 15.7 Å². The molecule has 0 aliphatic carbocycles. The van der Waals surface area contributed by atoms with Gasteiger partial charge in [0.15, 0.2) is 23.1 Å². The number of aliphatic imine (C=N–C) groups is 2. The molecule has 2 spiro atoms. The number of hydrogen-bond donors (Lipinski definition) is 2. The number of rotatable bonds is 3. The fourth-order valence-electron chi connectivity index (χ4n) is 7.62. The average Bonchev–Trinajstić information content (AvgIpc) is 3.16. The first kappa shape index (κ1) is 36.9. The van der Waals surface area contributed by atoms with E-state index in [1.165, 1.54) is 26.4 Å². The molecule has 16 heteroatoms. The first-order chi connectivity index (χ1) is 26.3. The molecule has 11 nitrogen and oxygen atoms in total. The van der Waals surface area contributed by atoms with Gasteiger partial charge in [0.05, 0.1) is 27.4 Å². The normalized spacial score (nSPS) is 23.0. The van der Waals surface area contributed by atoms with Crippen LogP contribution in [0.25, 0.3) is 0 Å². The molecule has 55 heavy (non-hydrogen) atoms. The number of benzene rings is 4. The number of anilines is 1. The quantitative estimate of drug-likeness (QED) is 0.207. The van der Waals surface area contributed by atoms with Crippen LogP contribution in [0.5, 0.6) is 34.5 Å². The van der Waals surface area contributed by atoms with E-state index in [1.807, 2.05) is 23.1 Å². The van der Waals surface area contributed by atoms with Crippen molar-refractivity contribution in [3.05, 3.63) is 99.0 Å². The van der Waals surface area contributed by atoms with Gasteiger partial charge in [0.2, 0.25) is 0 Å². The summed E-state index contributed by atoms with van der Waals surface area (Å²) < 4.78 is 91.2. The maximum atomic E-state index is 14.9. The molecule has 288 valence electrons. The number of hydrogen-bond acceptors (Lipinski definition) is 11. The van der Waals surface area contributed by atoms with E-state index < -0.39 is 28.6 Å². The second kappa shape index (κ2) is 13.9. The van der Waals surface area contributed by atoms with Gasteiger partial charge in [0, 0.05) is 70.5 Å². The highest BCUT2D eigenvalue weighted by Gasteiger charge is 2.48. The Balaban J connectivity index is 0.000000160. The average molecular weight is 827 g/mol. The van der Waals surface area contributed by atoms with Crippen LogP contribution in [0.3, 0.4) is 0 Å². The van der Waals surface area contributed by atoms with Crippen LogP contribution in [0, 0.1) is 11.6 Å². The van der Waals surface area contributed by atoms with E-state index in [2.05, 4.69) is 20.9 Å². The molecule has 9 rings (SSSR count). The first-order valence-corrected chi connectivity index (χ1v) is 18.2. The standard InChI is InChI=1S/C22H22F3N3O3.C17H14BrFN2O3/c1-29-14-9-16-20(17(23)10-14)31-18-3-2-13(28-6-4-21(24,25)5-7-28)8-15(18)22(16)12-30-11-19(26)27-22;1-22-10-5-12-16(13(19)6-10)24-14-3-2-9(18)4-11(14)17(12)8-23-7-15(20)21-17/h2-3,8-10H,4-7,11-12H2,1H3,(H2,26,27);2-6H,7-8H2,1H3,(H2,20,21)/t22-;17-/m00/s1. The summed E-state index contributed by atoms with van der Waals surface area (Å²) in [7, 11) is 2.93. The molecule has 0 amide bonds. The molecule has 4 aromatic carbocycles. The summed E-state index contributed by atoms with van der Waals surface area (Å²) in [5, 5.41) is 0. The molecule has 1 fully saturated rings. The Morgan fingerprint density at radius 1 is 0.691 bits per heavy atom. The summed E-state index contributed by atoms with van der Waals surface area (Å²) in [5.74, 6) is -1.31. The summed E-state index contributed by atoms with van der Waals surface area (Å²) in [6, 6.07) is 16.8. The van der Waals surface area contributed by atoms with Crippen LogP contribution in [-0.4, -0.2) is 71.3 Å². The van der Waals surface area contributed by atoms with Crippen LogP contribution in [0.4, 0.5) is 23.2 Å². The Bertz CT molecular complexity index is 2250. The lowest BCUT2D eigenvalue weighted by Gasteiger charge is -2.40. The summed E-state index contributed by atoms with van der Waals surface area (Å²) in [6.07, 6.45) is -0.406. The fourth-order valence-corrected chi connectivity index (χ4v) is 7.98. The monoisotopic (exact) mass is 825 g/mol. The second-order valence-electron chi connectivity index (χ2n) is 13.8. The number of ether oxygens (including phenoxy) is 6.